The fraction of sp³-hybridized carbons (Fsp3) is 0. The van der Waals surface area contributed by atoms with Crippen LogP contribution in [0.25, 0.3) is 93.1 Å². The lowest BCUT2D eigenvalue weighted by molar-refractivity contribution is 1.17. The molecular weight excluding hydrogens is 546 g/mol. The van der Waals surface area contributed by atoms with E-state index in [9.17, 15) is 0 Å². The third-order valence-corrected chi connectivity index (χ3v) is 9.95. The van der Waals surface area contributed by atoms with Crippen molar-refractivity contribution in [2.45, 2.75) is 0 Å². The van der Waals surface area contributed by atoms with Gasteiger partial charge in [-0.25, -0.2) is 0 Å². The lowest BCUT2D eigenvalue weighted by atomic mass is 10.1. The predicted molar refractivity (Wildman–Crippen MR) is 190 cm³/mol. The van der Waals surface area contributed by atoms with Crippen LogP contribution in [0.2, 0.25) is 0 Å². The predicted octanol–water partition coefficient (Wildman–Crippen LogP) is 11.0. The Kier molecular flexibility index (Phi) is 4.32. The molecule has 45 heavy (non-hydrogen) atoms. The van der Waals surface area contributed by atoms with Crippen LogP contribution in [0.1, 0.15) is 0 Å². The zero-order chi connectivity index (χ0) is 29.2. The van der Waals surface area contributed by atoms with E-state index in [-0.39, 0.29) is 0 Å². The highest BCUT2D eigenvalue weighted by molar-refractivity contribution is 6.27. The van der Waals surface area contributed by atoms with Gasteiger partial charge >= 0.3 is 0 Å². The van der Waals surface area contributed by atoms with Crippen molar-refractivity contribution in [1.82, 2.24) is 13.5 Å². The molecule has 0 unspecified atom stereocenters. The highest BCUT2D eigenvalue weighted by Gasteiger charge is 2.22. The molecule has 0 bridgehead atoms. The molecule has 0 radical (unpaired) electrons. The fourth-order valence-electron chi connectivity index (χ4n) is 8.19. The maximum absolute atomic E-state index is 2.50. The topological polar surface area (TPSA) is 14.3 Å². The quantitative estimate of drug-likeness (QED) is 0.196. The van der Waals surface area contributed by atoms with Gasteiger partial charge in [-0.2, -0.15) is 0 Å². The number of hydrogen-bond acceptors (Lipinski definition) is 0. The van der Waals surface area contributed by atoms with Gasteiger partial charge in [0.25, 0.3) is 0 Å². The van der Waals surface area contributed by atoms with E-state index in [0.29, 0.717) is 0 Å². The Morgan fingerprint density at radius 3 is 1.62 bits per heavy atom. The number of fused-ring (bicyclic) bond motifs is 13. The van der Waals surface area contributed by atoms with Crippen molar-refractivity contribution in [3.05, 3.63) is 152 Å². The van der Waals surface area contributed by atoms with Gasteiger partial charge in [-0.3, -0.25) is 0 Å². The molecule has 0 saturated heterocycles. The average molecular weight is 572 g/mol. The van der Waals surface area contributed by atoms with Gasteiger partial charge in [-0.15, -0.1) is 0 Å². The summed E-state index contributed by atoms with van der Waals surface area (Å²) in [6.07, 6.45) is 0. The Balaban J connectivity index is 1.33. The van der Waals surface area contributed by atoms with E-state index in [4.69, 9.17) is 0 Å². The Labute approximate surface area is 257 Å². The largest absolute Gasteiger partial charge is 0.309 e. The molecule has 11 aromatic rings. The Hall–Kier alpha value is -6.06. The molecule has 0 spiro atoms. The third kappa shape index (κ3) is 2.86. The lowest BCUT2D eigenvalue weighted by Gasteiger charge is -2.11. The van der Waals surface area contributed by atoms with E-state index < -0.39 is 0 Å². The molecule has 4 heterocycles. The zero-order valence-electron chi connectivity index (χ0n) is 24.3. The normalized spacial score (nSPS) is 12.4. The van der Waals surface area contributed by atoms with Crippen molar-refractivity contribution < 1.29 is 0 Å². The summed E-state index contributed by atoms with van der Waals surface area (Å²) in [6.45, 7) is 0. The van der Waals surface area contributed by atoms with Crippen LogP contribution in [0, 0.1) is 0 Å². The second kappa shape index (κ2) is 8.31. The van der Waals surface area contributed by atoms with Crippen LogP contribution in [-0.2, 0) is 0 Å². The molecular formula is C42H25N3. The maximum atomic E-state index is 2.50. The molecule has 7 aromatic carbocycles. The monoisotopic (exact) mass is 571 g/mol. The summed E-state index contributed by atoms with van der Waals surface area (Å²) in [5, 5.41) is 10.3. The van der Waals surface area contributed by atoms with Gasteiger partial charge in [0.2, 0.25) is 0 Å². The minimum absolute atomic E-state index is 1.17. The van der Waals surface area contributed by atoms with Crippen LogP contribution in [0.15, 0.2) is 152 Å². The van der Waals surface area contributed by atoms with E-state index in [1.54, 1.807) is 0 Å². The molecule has 0 saturated carbocycles. The molecule has 3 heteroatoms. The smallest absolute Gasteiger partial charge is 0.0641 e. The van der Waals surface area contributed by atoms with E-state index in [1.807, 2.05) is 0 Å². The second-order valence-electron chi connectivity index (χ2n) is 12.2. The number of para-hydroxylation sites is 5. The summed E-state index contributed by atoms with van der Waals surface area (Å²) in [7, 11) is 0. The van der Waals surface area contributed by atoms with E-state index in [2.05, 4.69) is 165 Å². The Bertz CT molecular complexity index is 2970. The van der Waals surface area contributed by atoms with Gasteiger partial charge in [-0.05, 0) is 48.5 Å². The van der Waals surface area contributed by atoms with Gasteiger partial charge in [-0.1, -0.05) is 103 Å². The first-order valence-corrected chi connectivity index (χ1v) is 15.5. The molecule has 11 rings (SSSR count). The minimum atomic E-state index is 1.17. The number of nitrogens with zero attached hydrogens (tertiary/aromatic N) is 3. The van der Waals surface area contributed by atoms with Crippen LogP contribution in [0.4, 0.5) is 0 Å². The summed E-state index contributed by atoms with van der Waals surface area (Å²) in [4.78, 5) is 0. The summed E-state index contributed by atoms with van der Waals surface area (Å²) >= 11 is 0. The fourth-order valence-corrected chi connectivity index (χ4v) is 8.19. The van der Waals surface area contributed by atoms with Crippen molar-refractivity contribution in [2.75, 3.05) is 0 Å². The average Bonchev–Trinajstić information content (AvgIpc) is 3.82. The standard InChI is InChI=1S/C42H25N3/c1-2-11-26(12-3-1)43-37-20-9-6-15-34(37)40-38(43)24-23-33-29-14-4-7-18-35(29)44(42(33)40)27-21-22-30-32-17-10-16-31-28-13-5-8-19-36(28)45(41(31)32)39(30)25-27/h1-25H. The van der Waals surface area contributed by atoms with E-state index >= 15 is 0 Å². The molecule has 0 amide bonds. The molecule has 0 aliphatic carbocycles. The summed E-state index contributed by atoms with van der Waals surface area (Å²) in [6, 6.07) is 55.6. The van der Waals surface area contributed by atoms with Crippen LogP contribution in [-0.4, -0.2) is 13.5 Å². The summed E-state index contributed by atoms with van der Waals surface area (Å²) in [5.74, 6) is 0. The first kappa shape index (κ1) is 23.4. The van der Waals surface area contributed by atoms with E-state index in [0.717, 1.165) is 0 Å². The summed E-state index contributed by atoms with van der Waals surface area (Å²) in [5.41, 5.74) is 11.0. The van der Waals surface area contributed by atoms with Crippen molar-refractivity contribution >= 4 is 81.7 Å². The van der Waals surface area contributed by atoms with Crippen molar-refractivity contribution in [3.8, 4) is 11.4 Å². The molecule has 0 N–H and O–H groups in total. The molecule has 0 atom stereocenters. The Morgan fingerprint density at radius 1 is 0.289 bits per heavy atom. The number of benzene rings is 7. The number of aromatic nitrogens is 3. The van der Waals surface area contributed by atoms with Crippen molar-refractivity contribution in [1.29, 1.82) is 0 Å². The van der Waals surface area contributed by atoms with Gasteiger partial charge in [0, 0.05) is 54.5 Å². The van der Waals surface area contributed by atoms with Gasteiger partial charge < -0.3 is 13.5 Å². The number of hydrogen-bond donors (Lipinski definition) is 0. The van der Waals surface area contributed by atoms with E-state index in [1.165, 1.54) is 93.1 Å². The van der Waals surface area contributed by atoms with Crippen LogP contribution in [0.5, 0.6) is 0 Å². The first-order chi connectivity index (χ1) is 22.4. The van der Waals surface area contributed by atoms with Gasteiger partial charge in [0.1, 0.15) is 0 Å². The second-order valence-corrected chi connectivity index (χ2v) is 12.2. The first-order valence-electron chi connectivity index (χ1n) is 15.5. The molecule has 3 nitrogen and oxygen atoms in total. The number of rotatable bonds is 2. The SMILES string of the molecule is c1ccc(-n2c3ccccc3c3c2ccc2c4ccccc4n(-c4ccc5c6cccc7c8ccccc8n(c5c4)c76)c23)cc1. The van der Waals surface area contributed by atoms with Crippen LogP contribution < -0.4 is 0 Å². The highest BCUT2D eigenvalue weighted by atomic mass is 15.0. The van der Waals surface area contributed by atoms with Crippen molar-refractivity contribution in [2.24, 2.45) is 0 Å². The van der Waals surface area contributed by atoms with Crippen LogP contribution in [0.3, 0.4) is 0 Å². The maximum Gasteiger partial charge on any atom is 0.0641 e. The van der Waals surface area contributed by atoms with Crippen LogP contribution >= 0.6 is 0 Å². The van der Waals surface area contributed by atoms with Crippen molar-refractivity contribution in [3.63, 3.8) is 0 Å². The summed E-state index contributed by atoms with van der Waals surface area (Å²) < 4.78 is 7.39. The lowest BCUT2D eigenvalue weighted by Crippen LogP contribution is -1.95. The zero-order valence-corrected chi connectivity index (χ0v) is 24.3. The molecule has 0 fully saturated rings. The third-order valence-electron chi connectivity index (χ3n) is 9.95. The van der Waals surface area contributed by atoms with Gasteiger partial charge in [0.05, 0.1) is 38.6 Å². The molecule has 4 aromatic heterocycles. The highest BCUT2D eigenvalue weighted by Crippen LogP contribution is 2.44. The molecule has 0 aliphatic rings. The van der Waals surface area contributed by atoms with Gasteiger partial charge in [0.15, 0.2) is 0 Å². The minimum Gasteiger partial charge on any atom is -0.309 e. The molecule has 208 valence electrons. The Morgan fingerprint density at radius 2 is 0.844 bits per heavy atom. The molecule has 0 aliphatic heterocycles.